The third kappa shape index (κ3) is 4.66. The summed E-state index contributed by atoms with van der Waals surface area (Å²) < 4.78 is 27.7. The van der Waals surface area contributed by atoms with E-state index in [1.54, 1.807) is 6.92 Å². The van der Waals surface area contributed by atoms with Gasteiger partial charge in [0.1, 0.15) is 18.5 Å². The summed E-state index contributed by atoms with van der Waals surface area (Å²) in [7, 11) is 0. The summed E-state index contributed by atoms with van der Waals surface area (Å²) in [6, 6.07) is 0. The molecule has 0 aliphatic heterocycles. The minimum absolute atomic E-state index is 0.201. The summed E-state index contributed by atoms with van der Waals surface area (Å²) >= 11 is 0. The SMILES string of the molecule is CCC(OCC(F)F)C(=N)N. The van der Waals surface area contributed by atoms with Crippen LogP contribution in [0.25, 0.3) is 0 Å². The van der Waals surface area contributed by atoms with Gasteiger partial charge in [-0.3, -0.25) is 5.41 Å². The number of rotatable bonds is 5. The van der Waals surface area contributed by atoms with Crippen molar-refractivity contribution in [1.29, 1.82) is 5.41 Å². The van der Waals surface area contributed by atoms with E-state index in [1.165, 1.54) is 0 Å². The van der Waals surface area contributed by atoms with Crippen LogP contribution in [-0.2, 0) is 4.74 Å². The molecule has 0 aromatic heterocycles. The van der Waals surface area contributed by atoms with E-state index in [0.717, 1.165) is 0 Å². The normalized spacial score (nSPS) is 13.5. The maximum Gasteiger partial charge on any atom is 0.261 e. The molecule has 0 heterocycles. The largest absolute Gasteiger partial charge is 0.385 e. The first-order chi connectivity index (χ1) is 5.07. The van der Waals surface area contributed by atoms with E-state index in [1.807, 2.05) is 0 Å². The minimum atomic E-state index is -2.50. The molecule has 0 radical (unpaired) electrons. The van der Waals surface area contributed by atoms with Crippen LogP contribution in [0.4, 0.5) is 8.78 Å². The minimum Gasteiger partial charge on any atom is -0.385 e. The quantitative estimate of drug-likeness (QED) is 0.472. The number of nitrogens with two attached hydrogens (primary N) is 1. The molecule has 0 aromatic carbocycles. The fourth-order valence-corrected chi connectivity index (χ4v) is 0.616. The Morgan fingerprint density at radius 1 is 1.64 bits per heavy atom. The zero-order valence-corrected chi connectivity index (χ0v) is 6.31. The van der Waals surface area contributed by atoms with Crippen molar-refractivity contribution in [3.05, 3.63) is 0 Å². The highest BCUT2D eigenvalue weighted by Crippen LogP contribution is 2.00. The summed E-state index contributed by atoms with van der Waals surface area (Å²) in [5, 5.41) is 6.90. The van der Waals surface area contributed by atoms with Gasteiger partial charge in [-0.05, 0) is 6.42 Å². The van der Waals surface area contributed by atoms with Gasteiger partial charge in [0, 0.05) is 0 Å². The van der Waals surface area contributed by atoms with Crippen LogP contribution in [-0.4, -0.2) is 25.0 Å². The van der Waals surface area contributed by atoms with Gasteiger partial charge in [-0.2, -0.15) is 0 Å². The third-order valence-electron chi connectivity index (χ3n) is 1.14. The van der Waals surface area contributed by atoms with Crippen LogP contribution in [0.3, 0.4) is 0 Å². The fraction of sp³-hybridized carbons (Fsp3) is 0.833. The predicted octanol–water partition coefficient (Wildman–Crippen LogP) is 0.983. The molecular formula is C6H12F2N2O. The first-order valence-corrected chi connectivity index (χ1v) is 3.31. The molecule has 3 nitrogen and oxygen atoms in total. The second-order valence-corrected chi connectivity index (χ2v) is 2.08. The molecule has 0 rings (SSSR count). The van der Waals surface area contributed by atoms with E-state index in [2.05, 4.69) is 4.74 Å². The molecule has 0 aliphatic rings. The first kappa shape index (κ1) is 10.3. The Hall–Kier alpha value is -0.710. The Kier molecular flexibility index (Phi) is 4.69. The monoisotopic (exact) mass is 166 g/mol. The van der Waals surface area contributed by atoms with Crippen LogP contribution in [0.5, 0.6) is 0 Å². The summed E-state index contributed by atoms with van der Waals surface area (Å²) in [5.74, 6) is -0.201. The van der Waals surface area contributed by atoms with Crippen molar-refractivity contribution >= 4 is 5.84 Å². The molecular weight excluding hydrogens is 154 g/mol. The molecule has 0 aromatic rings. The van der Waals surface area contributed by atoms with Crippen LogP contribution in [0, 0.1) is 5.41 Å². The maximum absolute atomic E-state index is 11.6. The number of alkyl halides is 2. The average molecular weight is 166 g/mol. The van der Waals surface area contributed by atoms with Crippen molar-refractivity contribution < 1.29 is 13.5 Å². The molecule has 3 N–H and O–H groups in total. The van der Waals surface area contributed by atoms with Crippen molar-refractivity contribution in [2.24, 2.45) is 5.73 Å². The van der Waals surface area contributed by atoms with E-state index in [4.69, 9.17) is 11.1 Å². The lowest BCUT2D eigenvalue weighted by Crippen LogP contribution is -2.31. The summed E-state index contributed by atoms with van der Waals surface area (Å²) in [6.45, 7) is 1.07. The van der Waals surface area contributed by atoms with Gasteiger partial charge >= 0.3 is 0 Å². The van der Waals surface area contributed by atoms with Gasteiger partial charge in [0.05, 0.1) is 0 Å². The fourth-order valence-electron chi connectivity index (χ4n) is 0.616. The molecule has 66 valence electrons. The molecule has 11 heavy (non-hydrogen) atoms. The van der Waals surface area contributed by atoms with Gasteiger partial charge in [-0.25, -0.2) is 8.78 Å². The zero-order valence-electron chi connectivity index (χ0n) is 6.31. The van der Waals surface area contributed by atoms with Gasteiger partial charge in [0.25, 0.3) is 6.43 Å². The lowest BCUT2D eigenvalue weighted by Gasteiger charge is -2.13. The molecule has 0 saturated heterocycles. The number of hydrogen-bond donors (Lipinski definition) is 2. The molecule has 0 fully saturated rings. The molecule has 0 aliphatic carbocycles. The third-order valence-corrected chi connectivity index (χ3v) is 1.14. The molecule has 5 heteroatoms. The van der Waals surface area contributed by atoms with E-state index in [9.17, 15) is 8.78 Å². The van der Waals surface area contributed by atoms with Crippen molar-refractivity contribution in [3.63, 3.8) is 0 Å². The second-order valence-electron chi connectivity index (χ2n) is 2.08. The highest BCUT2D eigenvalue weighted by molar-refractivity contribution is 5.81. The van der Waals surface area contributed by atoms with Crippen LogP contribution in [0.15, 0.2) is 0 Å². The first-order valence-electron chi connectivity index (χ1n) is 3.31. The van der Waals surface area contributed by atoms with Crippen LogP contribution >= 0.6 is 0 Å². The van der Waals surface area contributed by atoms with Crippen LogP contribution in [0.1, 0.15) is 13.3 Å². The molecule has 0 spiro atoms. The van der Waals surface area contributed by atoms with Gasteiger partial charge in [-0.1, -0.05) is 6.92 Å². The van der Waals surface area contributed by atoms with Crippen molar-refractivity contribution in [1.82, 2.24) is 0 Å². The van der Waals surface area contributed by atoms with Crippen molar-refractivity contribution in [2.75, 3.05) is 6.61 Å². The van der Waals surface area contributed by atoms with E-state index < -0.39 is 19.1 Å². The van der Waals surface area contributed by atoms with Crippen molar-refractivity contribution in [2.45, 2.75) is 25.9 Å². The van der Waals surface area contributed by atoms with E-state index in [-0.39, 0.29) is 5.84 Å². The Morgan fingerprint density at radius 2 is 2.18 bits per heavy atom. The standard InChI is InChI=1S/C6H12F2N2O/c1-2-4(6(9)10)11-3-5(7)8/h4-5H,2-3H2,1H3,(H3,9,10). The number of halogens is 2. The van der Waals surface area contributed by atoms with E-state index in [0.29, 0.717) is 6.42 Å². The number of ether oxygens (including phenoxy) is 1. The summed E-state index contributed by atoms with van der Waals surface area (Å²) in [4.78, 5) is 0. The van der Waals surface area contributed by atoms with Crippen molar-refractivity contribution in [3.8, 4) is 0 Å². The topological polar surface area (TPSA) is 59.1 Å². The molecule has 1 unspecified atom stereocenters. The van der Waals surface area contributed by atoms with Crippen LogP contribution < -0.4 is 5.73 Å². The van der Waals surface area contributed by atoms with Gasteiger partial charge < -0.3 is 10.5 Å². The lowest BCUT2D eigenvalue weighted by molar-refractivity contribution is -0.00182. The smallest absolute Gasteiger partial charge is 0.261 e. The maximum atomic E-state index is 11.6. The zero-order chi connectivity index (χ0) is 8.85. The number of hydrogen-bond acceptors (Lipinski definition) is 2. The Balaban J connectivity index is 3.61. The highest BCUT2D eigenvalue weighted by atomic mass is 19.3. The van der Waals surface area contributed by atoms with Gasteiger partial charge in [0.15, 0.2) is 0 Å². The Morgan fingerprint density at radius 3 is 2.45 bits per heavy atom. The Bertz CT molecular complexity index is 130. The summed E-state index contributed by atoms with van der Waals surface area (Å²) in [5.41, 5.74) is 5.05. The highest BCUT2D eigenvalue weighted by Gasteiger charge is 2.12. The molecule has 0 saturated carbocycles. The molecule has 0 bridgehead atoms. The molecule has 1 atom stereocenters. The van der Waals surface area contributed by atoms with Crippen LogP contribution in [0.2, 0.25) is 0 Å². The number of amidine groups is 1. The number of nitrogens with one attached hydrogen (secondary N) is 1. The lowest BCUT2D eigenvalue weighted by atomic mass is 10.2. The van der Waals surface area contributed by atoms with Gasteiger partial charge in [0.2, 0.25) is 0 Å². The average Bonchev–Trinajstić information content (AvgIpc) is 1.87. The Labute approximate surface area is 64.0 Å². The van der Waals surface area contributed by atoms with E-state index >= 15 is 0 Å². The predicted molar refractivity (Wildman–Crippen MR) is 37.9 cm³/mol. The molecule has 0 amide bonds. The summed E-state index contributed by atoms with van der Waals surface area (Å²) in [6.07, 6.45) is -2.71. The second kappa shape index (κ2) is 5.01. The van der Waals surface area contributed by atoms with Gasteiger partial charge in [-0.15, -0.1) is 0 Å².